The van der Waals surface area contributed by atoms with Crippen molar-refractivity contribution >= 4 is 23.7 Å². The van der Waals surface area contributed by atoms with Gasteiger partial charge in [-0.1, -0.05) is 19.1 Å². The predicted octanol–water partition coefficient (Wildman–Crippen LogP) is 3.96. The summed E-state index contributed by atoms with van der Waals surface area (Å²) >= 11 is 0. The number of nitrogens with one attached hydrogen (secondary N) is 2. The fourth-order valence-electron chi connectivity index (χ4n) is 2.42. The van der Waals surface area contributed by atoms with Crippen molar-refractivity contribution < 1.29 is 14.3 Å². The number of aryl methyl sites for hydroxylation is 2. The van der Waals surface area contributed by atoms with E-state index < -0.39 is 0 Å². The molecule has 6 heteroatoms. The number of carbonyl (C=O) groups excluding carboxylic acids is 2. The largest absolute Gasteiger partial charge is 0.494 e. The monoisotopic (exact) mass is 381 g/mol. The molecule has 0 bridgehead atoms. The number of rotatable bonds is 9. The van der Waals surface area contributed by atoms with Crippen LogP contribution in [0.25, 0.3) is 0 Å². The Balaban J connectivity index is 1.73. The summed E-state index contributed by atoms with van der Waals surface area (Å²) in [5.41, 5.74) is 6.11. The van der Waals surface area contributed by atoms with Crippen molar-refractivity contribution in [2.45, 2.75) is 40.0 Å². The molecule has 2 aromatic carbocycles. The van der Waals surface area contributed by atoms with Crippen LogP contribution in [0, 0.1) is 13.8 Å². The van der Waals surface area contributed by atoms with E-state index in [-0.39, 0.29) is 24.7 Å². The zero-order valence-corrected chi connectivity index (χ0v) is 16.6. The van der Waals surface area contributed by atoms with Crippen LogP contribution in [0.15, 0.2) is 47.6 Å². The highest BCUT2D eigenvalue weighted by Gasteiger charge is 2.08. The Morgan fingerprint density at radius 2 is 1.75 bits per heavy atom. The lowest BCUT2D eigenvalue weighted by Crippen LogP contribution is -2.20. The van der Waals surface area contributed by atoms with Crippen LogP contribution in [-0.4, -0.2) is 24.6 Å². The SMILES string of the molecule is CCCOc1ccc(C=NNC(=O)CCC(=O)Nc2cc(C)ccc2C)cc1. The number of hydrogen-bond acceptors (Lipinski definition) is 4. The fraction of sp³-hybridized carbons (Fsp3) is 0.318. The van der Waals surface area contributed by atoms with E-state index in [1.165, 1.54) is 0 Å². The summed E-state index contributed by atoms with van der Waals surface area (Å²) in [5.74, 6) is 0.295. The van der Waals surface area contributed by atoms with Crippen LogP contribution in [0.1, 0.15) is 42.9 Å². The van der Waals surface area contributed by atoms with Gasteiger partial charge in [0.15, 0.2) is 0 Å². The molecule has 0 heterocycles. The van der Waals surface area contributed by atoms with Crippen LogP contribution in [0.2, 0.25) is 0 Å². The first kappa shape index (κ1) is 21.2. The molecule has 2 aromatic rings. The van der Waals surface area contributed by atoms with Gasteiger partial charge in [0.2, 0.25) is 11.8 Å². The Bertz CT molecular complexity index is 829. The Kier molecular flexibility index (Phi) is 8.21. The second-order valence-electron chi connectivity index (χ2n) is 6.58. The van der Waals surface area contributed by atoms with Crippen molar-refractivity contribution in [1.29, 1.82) is 0 Å². The van der Waals surface area contributed by atoms with Gasteiger partial charge in [0.25, 0.3) is 0 Å². The summed E-state index contributed by atoms with van der Waals surface area (Å²) in [4.78, 5) is 23.9. The van der Waals surface area contributed by atoms with Gasteiger partial charge in [-0.2, -0.15) is 5.10 Å². The number of carbonyl (C=O) groups is 2. The molecule has 0 aromatic heterocycles. The first-order valence-electron chi connectivity index (χ1n) is 9.40. The molecule has 0 fully saturated rings. The highest BCUT2D eigenvalue weighted by atomic mass is 16.5. The van der Waals surface area contributed by atoms with E-state index >= 15 is 0 Å². The van der Waals surface area contributed by atoms with Crippen LogP contribution in [0.5, 0.6) is 5.75 Å². The van der Waals surface area contributed by atoms with E-state index in [0.717, 1.165) is 34.5 Å². The average molecular weight is 381 g/mol. The van der Waals surface area contributed by atoms with Crippen molar-refractivity contribution in [3.8, 4) is 5.75 Å². The maximum absolute atomic E-state index is 12.0. The van der Waals surface area contributed by atoms with Crippen molar-refractivity contribution in [1.82, 2.24) is 5.43 Å². The Labute approximate surface area is 166 Å². The minimum Gasteiger partial charge on any atom is -0.494 e. The van der Waals surface area contributed by atoms with E-state index in [9.17, 15) is 9.59 Å². The summed E-state index contributed by atoms with van der Waals surface area (Å²) in [5, 5.41) is 6.76. The molecule has 0 spiro atoms. The fourth-order valence-corrected chi connectivity index (χ4v) is 2.42. The smallest absolute Gasteiger partial charge is 0.240 e. The van der Waals surface area contributed by atoms with Gasteiger partial charge < -0.3 is 10.1 Å². The summed E-state index contributed by atoms with van der Waals surface area (Å²) in [7, 11) is 0. The lowest BCUT2D eigenvalue weighted by Gasteiger charge is -2.09. The minimum absolute atomic E-state index is 0.0673. The van der Waals surface area contributed by atoms with Crippen LogP contribution < -0.4 is 15.5 Å². The lowest BCUT2D eigenvalue weighted by atomic mass is 10.1. The molecule has 2 rings (SSSR count). The molecule has 6 nitrogen and oxygen atoms in total. The van der Waals surface area contributed by atoms with Crippen LogP contribution in [-0.2, 0) is 9.59 Å². The van der Waals surface area contributed by atoms with Gasteiger partial charge in [-0.05, 0) is 67.3 Å². The number of nitrogens with zero attached hydrogens (tertiary/aromatic N) is 1. The molecular weight excluding hydrogens is 354 g/mol. The second kappa shape index (κ2) is 10.9. The predicted molar refractivity (Wildman–Crippen MR) is 112 cm³/mol. The molecule has 0 aliphatic carbocycles. The summed E-state index contributed by atoms with van der Waals surface area (Å²) in [6, 6.07) is 13.3. The van der Waals surface area contributed by atoms with Gasteiger partial charge in [0.1, 0.15) is 5.75 Å². The molecule has 0 unspecified atom stereocenters. The maximum atomic E-state index is 12.0. The zero-order chi connectivity index (χ0) is 20.4. The number of hydrogen-bond donors (Lipinski definition) is 2. The molecule has 0 saturated heterocycles. The van der Waals surface area contributed by atoms with E-state index in [4.69, 9.17) is 4.74 Å². The van der Waals surface area contributed by atoms with E-state index in [2.05, 4.69) is 22.8 Å². The van der Waals surface area contributed by atoms with Gasteiger partial charge >= 0.3 is 0 Å². The van der Waals surface area contributed by atoms with Crippen LogP contribution >= 0.6 is 0 Å². The van der Waals surface area contributed by atoms with Gasteiger partial charge in [0.05, 0.1) is 12.8 Å². The van der Waals surface area contributed by atoms with Crippen LogP contribution in [0.3, 0.4) is 0 Å². The number of anilines is 1. The molecular formula is C22H27N3O3. The van der Waals surface area contributed by atoms with Gasteiger partial charge in [-0.15, -0.1) is 0 Å². The second-order valence-corrected chi connectivity index (χ2v) is 6.58. The van der Waals surface area contributed by atoms with Crippen molar-refractivity contribution in [2.75, 3.05) is 11.9 Å². The molecule has 0 atom stereocenters. The van der Waals surface area contributed by atoms with Gasteiger partial charge in [-0.3, -0.25) is 9.59 Å². The molecule has 148 valence electrons. The molecule has 0 radical (unpaired) electrons. The molecule has 2 N–H and O–H groups in total. The van der Waals surface area contributed by atoms with E-state index in [1.807, 2.05) is 56.3 Å². The quantitative estimate of drug-likeness (QED) is 0.510. The topological polar surface area (TPSA) is 79.8 Å². The van der Waals surface area contributed by atoms with Crippen molar-refractivity contribution in [3.63, 3.8) is 0 Å². The normalized spacial score (nSPS) is 10.7. The third kappa shape index (κ3) is 7.23. The molecule has 28 heavy (non-hydrogen) atoms. The molecule has 0 aliphatic rings. The summed E-state index contributed by atoms with van der Waals surface area (Å²) in [6.45, 7) is 6.63. The van der Waals surface area contributed by atoms with Gasteiger partial charge in [-0.25, -0.2) is 5.43 Å². The average Bonchev–Trinajstić information content (AvgIpc) is 2.68. The first-order chi connectivity index (χ1) is 13.5. The summed E-state index contributed by atoms with van der Waals surface area (Å²) in [6.07, 6.45) is 2.67. The summed E-state index contributed by atoms with van der Waals surface area (Å²) < 4.78 is 5.51. The Hall–Kier alpha value is -3.15. The highest BCUT2D eigenvalue weighted by molar-refractivity contribution is 5.94. The number of benzene rings is 2. The highest BCUT2D eigenvalue weighted by Crippen LogP contribution is 2.16. The van der Waals surface area contributed by atoms with Crippen molar-refractivity contribution in [2.24, 2.45) is 5.10 Å². The maximum Gasteiger partial charge on any atom is 0.240 e. The number of ether oxygens (including phenoxy) is 1. The number of amides is 2. The van der Waals surface area contributed by atoms with Gasteiger partial charge in [0, 0.05) is 18.5 Å². The zero-order valence-electron chi connectivity index (χ0n) is 16.6. The first-order valence-corrected chi connectivity index (χ1v) is 9.40. The Morgan fingerprint density at radius 3 is 2.46 bits per heavy atom. The molecule has 0 aliphatic heterocycles. The molecule has 0 saturated carbocycles. The Morgan fingerprint density at radius 1 is 1.04 bits per heavy atom. The third-order valence-electron chi connectivity index (χ3n) is 4.00. The van der Waals surface area contributed by atoms with Crippen molar-refractivity contribution in [3.05, 3.63) is 59.2 Å². The van der Waals surface area contributed by atoms with E-state index in [1.54, 1.807) is 6.21 Å². The molecule has 2 amide bonds. The van der Waals surface area contributed by atoms with Crippen LogP contribution in [0.4, 0.5) is 5.69 Å². The lowest BCUT2D eigenvalue weighted by molar-refractivity contribution is -0.124. The standard InChI is InChI=1S/C22H27N3O3/c1-4-13-28-19-9-7-18(8-10-19)15-23-25-22(27)12-11-21(26)24-20-14-16(2)5-6-17(20)3/h5-10,14-15H,4,11-13H2,1-3H3,(H,24,26)(H,25,27). The number of hydrazone groups is 1. The van der Waals surface area contributed by atoms with E-state index in [0.29, 0.717) is 6.61 Å². The minimum atomic E-state index is -0.310. The third-order valence-corrected chi connectivity index (χ3v) is 4.00.